The number of pyridine rings is 1. The minimum absolute atomic E-state index is 0.199. The zero-order valence-electron chi connectivity index (χ0n) is 21.2. The van der Waals surface area contributed by atoms with Gasteiger partial charge in [0.15, 0.2) is 0 Å². The lowest BCUT2D eigenvalue weighted by atomic mass is 10.1. The molecule has 1 aromatic carbocycles. The van der Waals surface area contributed by atoms with E-state index >= 15 is 0 Å². The number of fused-ring (bicyclic) bond motifs is 1. The molecule has 0 atom stereocenters. The summed E-state index contributed by atoms with van der Waals surface area (Å²) in [6, 6.07) is 7.62. The second-order valence-electron chi connectivity index (χ2n) is 9.92. The van der Waals surface area contributed by atoms with Gasteiger partial charge in [0, 0.05) is 62.8 Å². The summed E-state index contributed by atoms with van der Waals surface area (Å²) < 4.78 is 7.87. The fourth-order valence-corrected chi connectivity index (χ4v) is 5.18. The van der Waals surface area contributed by atoms with E-state index in [0.29, 0.717) is 22.5 Å². The molecule has 0 unspecified atom stereocenters. The van der Waals surface area contributed by atoms with Crippen LogP contribution in [0.1, 0.15) is 37.7 Å². The Bertz CT molecular complexity index is 1330. The molecule has 3 aromatic rings. The van der Waals surface area contributed by atoms with Crippen LogP contribution in [0.4, 0.5) is 17.3 Å². The second-order valence-corrected chi connectivity index (χ2v) is 9.92. The highest BCUT2D eigenvalue weighted by molar-refractivity contribution is 5.82. The summed E-state index contributed by atoms with van der Waals surface area (Å²) in [7, 11) is 3.85. The molecule has 2 aromatic heterocycles. The van der Waals surface area contributed by atoms with E-state index in [1.54, 1.807) is 13.2 Å². The highest BCUT2D eigenvalue weighted by Gasteiger charge is 2.20. The van der Waals surface area contributed by atoms with Crippen molar-refractivity contribution in [2.75, 3.05) is 50.1 Å². The number of hydrogen-bond donors (Lipinski definition) is 1. The molecule has 1 aliphatic heterocycles. The van der Waals surface area contributed by atoms with Gasteiger partial charge < -0.3 is 19.9 Å². The van der Waals surface area contributed by atoms with Gasteiger partial charge in [-0.05, 0) is 31.5 Å². The van der Waals surface area contributed by atoms with Gasteiger partial charge in [0.1, 0.15) is 11.4 Å². The number of terminal acetylenes is 1. The minimum Gasteiger partial charge on any atom is -0.491 e. The highest BCUT2D eigenvalue weighted by Crippen LogP contribution is 2.34. The van der Waals surface area contributed by atoms with Gasteiger partial charge in [0.25, 0.3) is 5.56 Å². The van der Waals surface area contributed by atoms with Gasteiger partial charge in [0.2, 0.25) is 5.95 Å². The van der Waals surface area contributed by atoms with E-state index in [1.807, 2.05) is 12.1 Å². The lowest BCUT2D eigenvalue weighted by Gasteiger charge is -2.35. The van der Waals surface area contributed by atoms with E-state index in [9.17, 15) is 4.79 Å². The van der Waals surface area contributed by atoms with Gasteiger partial charge in [-0.3, -0.25) is 9.36 Å². The maximum atomic E-state index is 12.3. The van der Waals surface area contributed by atoms with Crippen molar-refractivity contribution in [2.24, 2.45) is 13.0 Å². The summed E-state index contributed by atoms with van der Waals surface area (Å²) in [5, 5.41) is 3.97. The number of rotatable bonds is 7. The minimum atomic E-state index is -0.199. The summed E-state index contributed by atoms with van der Waals surface area (Å²) in [6.45, 7) is 4.73. The number of anilines is 3. The number of likely N-dealkylation sites (N-methyl/N-ethyl adjacent to an activating group) is 1. The monoisotopic (exact) mass is 486 g/mol. The first-order valence-electron chi connectivity index (χ1n) is 12.8. The van der Waals surface area contributed by atoms with E-state index in [0.717, 1.165) is 62.2 Å². The molecule has 8 heteroatoms. The predicted molar refractivity (Wildman–Crippen MR) is 144 cm³/mol. The number of benzene rings is 1. The Balaban J connectivity index is 1.40. The molecule has 36 heavy (non-hydrogen) atoms. The molecule has 0 amide bonds. The van der Waals surface area contributed by atoms with Crippen LogP contribution in [0.15, 0.2) is 35.3 Å². The molecule has 3 heterocycles. The first-order chi connectivity index (χ1) is 17.5. The molecule has 1 saturated heterocycles. The van der Waals surface area contributed by atoms with Crippen LogP contribution in [-0.4, -0.2) is 59.3 Å². The maximum Gasteiger partial charge on any atom is 0.253 e. The van der Waals surface area contributed by atoms with Gasteiger partial charge >= 0.3 is 0 Å². The highest BCUT2D eigenvalue weighted by atomic mass is 16.5. The first-order valence-corrected chi connectivity index (χ1v) is 12.8. The van der Waals surface area contributed by atoms with E-state index in [2.05, 4.69) is 44.1 Å². The van der Waals surface area contributed by atoms with E-state index in [4.69, 9.17) is 11.2 Å². The Morgan fingerprint density at radius 1 is 1.14 bits per heavy atom. The SMILES string of the molecule is C#Cc1cc(=O)n(C)c2nc(Nc3ccc(N4CCN(C)CC4)c(OCCC4CCCC4)c3)ncc12. The molecule has 2 aliphatic rings. The van der Waals surface area contributed by atoms with Crippen LogP contribution in [0.25, 0.3) is 11.0 Å². The van der Waals surface area contributed by atoms with Crippen LogP contribution < -0.4 is 20.5 Å². The van der Waals surface area contributed by atoms with Gasteiger partial charge in [0.05, 0.1) is 17.7 Å². The molecule has 1 N–H and O–H groups in total. The Labute approximate surface area is 212 Å². The molecule has 1 saturated carbocycles. The number of aryl methyl sites for hydroxylation is 1. The molecule has 0 radical (unpaired) electrons. The fraction of sp³-hybridized carbons (Fsp3) is 0.464. The Morgan fingerprint density at radius 3 is 2.67 bits per heavy atom. The summed E-state index contributed by atoms with van der Waals surface area (Å²) in [5.41, 5.74) is 2.75. The van der Waals surface area contributed by atoms with Crippen molar-refractivity contribution >= 4 is 28.4 Å². The van der Waals surface area contributed by atoms with Crippen molar-refractivity contribution in [3.8, 4) is 18.1 Å². The molecule has 0 bridgehead atoms. The van der Waals surface area contributed by atoms with Gasteiger partial charge in [-0.2, -0.15) is 4.98 Å². The van der Waals surface area contributed by atoms with Crippen molar-refractivity contribution < 1.29 is 4.74 Å². The molecule has 188 valence electrons. The average Bonchev–Trinajstić information content (AvgIpc) is 3.41. The molecule has 0 spiro atoms. The van der Waals surface area contributed by atoms with Crippen molar-refractivity contribution in [3.05, 3.63) is 46.4 Å². The van der Waals surface area contributed by atoms with E-state index in [1.165, 1.54) is 36.3 Å². The number of nitrogens with zero attached hydrogens (tertiary/aromatic N) is 5. The molecule has 8 nitrogen and oxygen atoms in total. The summed E-state index contributed by atoms with van der Waals surface area (Å²) in [4.78, 5) is 26.1. The topological polar surface area (TPSA) is 75.5 Å². The quantitative estimate of drug-likeness (QED) is 0.510. The third-order valence-electron chi connectivity index (χ3n) is 7.45. The largest absolute Gasteiger partial charge is 0.491 e. The molecule has 2 fully saturated rings. The summed E-state index contributed by atoms with van der Waals surface area (Å²) in [6.07, 6.45) is 13.7. The lowest BCUT2D eigenvalue weighted by Crippen LogP contribution is -2.44. The Kier molecular flexibility index (Phi) is 7.10. The third-order valence-corrected chi connectivity index (χ3v) is 7.45. The van der Waals surface area contributed by atoms with Crippen molar-refractivity contribution in [3.63, 3.8) is 0 Å². The van der Waals surface area contributed by atoms with Gasteiger partial charge in [-0.15, -0.1) is 6.42 Å². The number of ether oxygens (including phenoxy) is 1. The molecule has 5 rings (SSSR count). The number of piperazine rings is 1. The molecular formula is C28H34N6O2. The van der Waals surface area contributed by atoms with Crippen LogP contribution in [-0.2, 0) is 7.05 Å². The Morgan fingerprint density at radius 2 is 1.92 bits per heavy atom. The third kappa shape index (κ3) is 5.17. The van der Waals surface area contributed by atoms with Crippen LogP contribution in [0.3, 0.4) is 0 Å². The van der Waals surface area contributed by atoms with Crippen LogP contribution in [0, 0.1) is 18.3 Å². The normalized spacial score (nSPS) is 16.9. The van der Waals surface area contributed by atoms with Crippen molar-refractivity contribution in [1.82, 2.24) is 19.4 Å². The van der Waals surface area contributed by atoms with Gasteiger partial charge in [-0.1, -0.05) is 31.6 Å². The zero-order valence-corrected chi connectivity index (χ0v) is 21.2. The zero-order chi connectivity index (χ0) is 25.1. The van der Waals surface area contributed by atoms with Crippen molar-refractivity contribution in [2.45, 2.75) is 32.1 Å². The Hall–Kier alpha value is -3.57. The van der Waals surface area contributed by atoms with Gasteiger partial charge in [-0.25, -0.2) is 4.98 Å². The summed E-state index contributed by atoms with van der Waals surface area (Å²) in [5.74, 6) is 4.62. The fourth-order valence-electron chi connectivity index (χ4n) is 5.18. The predicted octanol–water partition coefficient (Wildman–Crippen LogP) is 3.76. The molecule has 1 aliphatic carbocycles. The van der Waals surface area contributed by atoms with Crippen LogP contribution in [0.5, 0.6) is 5.75 Å². The van der Waals surface area contributed by atoms with Crippen LogP contribution >= 0.6 is 0 Å². The van der Waals surface area contributed by atoms with E-state index in [-0.39, 0.29) is 5.56 Å². The number of hydrogen-bond acceptors (Lipinski definition) is 7. The lowest BCUT2D eigenvalue weighted by molar-refractivity contribution is 0.276. The summed E-state index contributed by atoms with van der Waals surface area (Å²) >= 11 is 0. The standard InChI is InChI=1S/C28H34N6O2/c1-4-21-17-26(35)33(3)27-23(21)19-29-28(31-27)30-22-9-10-24(34-14-12-32(2)13-15-34)25(18-22)36-16-11-20-7-5-6-8-20/h1,9-10,17-20H,5-8,11-16H2,2-3H3,(H,29,30,31). The number of nitrogens with one attached hydrogen (secondary N) is 1. The smallest absolute Gasteiger partial charge is 0.253 e. The first kappa shape index (κ1) is 24.1. The van der Waals surface area contributed by atoms with E-state index < -0.39 is 0 Å². The second kappa shape index (κ2) is 10.6. The van der Waals surface area contributed by atoms with Crippen molar-refractivity contribution in [1.29, 1.82) is 0 Å². The van der Waals surface area contributed by atoms with Crippen LogP contribution in [0.2, 0.25) is 0 Å². The molecular weight excluding hydrogens is 452 g/mol. The number of aromatic nitrogens is 3. The average molecular weight is 487 g/mol. The maximum absolute atomic E-state index is 12.3.